The number of piperidine rings is 1. The lowest BCUT2D eigenvalue weighted by Crippen LogP contribution is -2.49. The van der Waals surface area contributed by atoms with Gasteiger partial charge in [-0.25, -0.2) is 4.79 Å². The first-order chi connectivity index (χ1) is 9.61. The molecule has 2 amide bonds. The Morgan fingerprint density at radius 3 is 2.45 bits per heavy atom. The van der Waals surface area contributed by atoms with Gasteiger partial charge in [0, 0.05) is 35.9 Å². The molecule has 3 rings (SSSR count). The van der Waals surface area contributed by atoms with E-state index in [2.05, 4.69) is 10.6 Å². The minimum Gasteiger partial charge on any atom is -0.324 e. The fourth-order valence-corrected chi connectivity index (χ4v) is 3.38. The van der Waals surface area contributed by atoms with Gasteiger partial charge in [-0.3, -0.25) is 0 Å². The van der Waals surface area contributed by atoms with Crippen molar-refractivity contribution in [2.24, 2.45) is 0 Å². The van der Waals surface area contributed by atoms with Crippen LogP contribution in [-0.4, -0.2) is 36.1 Å². The van der Waals surface area contributed by atoms with Gasteiger partial charge in [0.25, 0.3) is 0 Å². The summed E-state index contributed by atoms with van der Waals surface area (Å²) < 4.78 is 0. The Kier molecular flexibility index (Phi) is 3.85. The van der Waals surface area contributed by atoms with Crippen molar-refractivity contribution in [1.29, 1.82) is 0 Å². The van der Waals surface area contributed by atoms with Crippen LogP contribution in [0, 0.1) is 0 Å². The molecule has 20 heavy (non-hydrogen) atoms. The molecule has 2 saturated heterocycles. The van der Waals surface area contributed by atoms with Crippen molar-refractivity contribution >= 4 is 23.3 Å². The number of rotatable bonds is 2. The van der Waals surface area contributed by atoms with E-state index in [0.29, 0.717) is 23.1 Å². The van der Waals surface area contributed by atoms with Gasteiger partial charge in [0.1, 0.15) is 0 Å². The average molecular weight is 294 g/mol. The number of amides is 2. The van der Waals surface area contributed by atoms with Gasteiger partial charge in [-0.05, 0) is 49.9 Å². The maximum Gasteiger partial charge on any atom is 0.321 e. The highest BCUT2D eigenvalue weighted by Crippen LogP contribution is 2.29. The van der Waals surface area contributed by atoms with E-state index in [1.165, 1.54) is 12.8 Å². The molecule has 0 aliphatic carbocycles. The summed E-state index contributed by atoms with van der Waals surface area (Å²) in [7, 11) is 1.89. The number of hydrogen-bond acceptors (Lipinski definition) is 2. The monoisotopic (exact) mass is 293 g/mol. The van der Waals surface area contributed by atoms with Gasteiger partial charge in [0.05, 0.1) is 0 Å². The molecule has 1 aromatic carbocycles. The SMILES string of the molecule is CN(C(=O)Nc1ccc(Cl)cc1)C1CC2CCC(C1)N2. The number of fused-ring (bicyclic) bond motifs is 2. The summed E-state index contributed by atoms with van der Waals surface area (Å²) in [5, 5.41) is 7.19. The molecule has 2 aliphatic rings. The van der Waals surface area contributed by atoms with Crippen LogP contribution in [-0.2, 0) is 0 Å². The number of urea groups is 1. The van der Waals surface area contributed by atoms with Gasteiger partial charge in [-0.1, -0.05) is 11.6 Å². The Morgan fingerprint density at radius 1 is 1.25 bits per heavy atom. The molecular weight excluding hydrogens is 274 g/mol. The van der Waals surface area contributed by atoms with Gasteiger partial charge >= 0.3 is 6.03 Å². The molecule has 108 valence electrons. The molecule has 0 saturated carbocycles. The quantitative estimate of drug-likeness (QED) is 0.880. The van der Waals surface area contributed by atoms with Crippen LogP contribution in [0.5, 0.6) is 0 Å². The number of nitrogens with one attached hydrogen (secondary N) is 2. The molecule has 0 spiro atoms. The zero-order valence-electron chi connectivity index (χ0n) is 11.6. The number of nitrogens with zero attached hydrogens (tertiary/aromatic N) is 1. The molecule has 4 nitrogen and oxygen atoms in total. The van der Waals surface area contributed by atoms with Crippen LogP contribution in [0.1, 0.15) is 25.7 Å². The minimum absolute atomic E-state index is 0.0429. The van der Waals surface area contributed by atoms with Gasteiger partial charge in [-0.15, -0.1) is 0 Å². The maximum atomic E-state index is 12.3. The Morgan fingerprint density at radius 2 is 1.85 bits per heavy atom. The maximum absolute atomic E-state index is 12.3. The van der Waals surface area contributed by atoms with Crippen LogP contribution in [0.3, 0.4) is 0 Å². The molecule has 0 aromatic heterocycles. The van der Waals surface area contributed by atoms with Gasteiger partial charge in [0.15, 0.2) is 0 Å². The lowest BCUT2D eigenvalue weighted by Gasteiger charge is -2.35. The normalized spacial score (nSPS) is 28.2. The average Bonchev–Trinajstić information content (AvgIpc) is 2.79. The van der Waals surface area contributed by atoms with Gasteiger partial charge < -0.3 is 15.5 Å². The van der Waals surface area contributed by atoms with Crippen molar-refractivity contribution in [1.82, 2.24) is 10.2 Å². The van der Waals surface area contributed by atoms with Crippen molar-refractivity contribution < 1.29 is 4.79 Å². The second kappa shape index (κ2) is 5.62. The number of anilines is 1. The van der Waals surface area contributed by atoms with Crippen LogP contribution >= 0.6 is 11.6 Å². The summed E-state index contributed by atoms with van der Waals surface area (Å²) in [5.74, 6) is 0. The van der Waals surface area contributed by atoms with E-state index in [-0.39, 0.29) is 6.03 Å². The highest BCUT2D eigenvalue weighted by Gasteiger charge is 2.36. The predicted molar refractivity (Wildman–Crippen MR) is 81.2 cm³/mol. The summed E-state index contributed by atoms with van der Waals surface area (Å²) in [4.78, 5) is 14.1. The van der Waals surface area contributed by atoms with Crippen LogP contribution in [0.25, 0.3) is 0 Å². The third kappa shape index (κ3) is 2.91. The van der Waals surface area contributed by atoms with E-state index in [0.717, 1.165) is 18.5 Å². The Hall–Kier alpha value is -1.26. The molecule has 2 heterocycles. The highest BCUT2D eigenvalue weighted by atomic mass is 35.5. The number of benzene rings is 1. The first-order valence-corrected chi connectivity index (χ1v) is 7.55. The number of halogens is 1. The summed E-state index contributed by atoms with van der Waals surface area (Å²) in [6.45, 7) is 0. The minimum atomic E-state index is -0.0429. The third-order valence-electron chi connectivity index (χ3n) is 4.41. The van der Waals surface area contributed by atoms with Crippen molar-refractivity contribution in [3.8, 4) is 0 Å². The largest absolute Gasteiger partial charge is 0.324 e. The van der Waals surface area contributed by atoms with Crippen LogP contribution in [0.4, 0.5) is 10.5 Å². The molecule has 2 aliphatic heterocycles. The molecule has 1 aromatic rings. The summed E-state index contributed by atoms with van der Waals surface area (Å²) in [5.41, 5.74) is 0.781. The first kappa shape index (κ1) is 13.7. The fourth-order valence-electron chi connectivity index (χ4n) is 3.25. The standard InChI is InChI=1S/C15H20ClN3O/c1-19(14-8-12-6-7-13(9-14)17-12)15(20)18-11-4-2-10(16)3-5-11/h2-5,12-14,17H,6-9H2,1H3,(H,18,20). The first-order valence-electron chi connectivity index (χ1n) is 7.17. The molecule has 2 N–H and O–H groups in total. The molecule has 2 fully saturated rings. The molecule has 2 bridgehead atoms. The molecule has 5 heteroatoms. The van der Waals surface area contributed by atoms with Crippen molar-refractivity contribution in [3.05, 3.63) is 29.3 Å². The Balaban J connectivity index is 1.60. The highest BCUT2D eigenvalue weighted by molar-refractivity contribution is 6.30. The van der Waals surface area contributed by atoms with Crippen LogP contribution < -0.4 is 10.6 Å². The van der Waals surface area contributed by atoms with E-state index in [1.807, 2.05) is 24.1 Å². The third-order valence-corrected chi connectivity index (χ3v) is 4.66. The number of hydrogen-bond donors (Lipinski definition) is 2. The van der Waals surface area contributed by atoms with Gasteiger partial charge in [-0.2, -0.15) is 0 Å². The van der Waals surface area contributed by atoms with Crippen LogP contribution in [0.15, 0.2) is 24.3 Å². The lowest BCUT2D eigenvalue weighted by molar-refractivity contribution is 0.176. The Bertz CT molecular complexity index is 478. The van der Waals surface area contributed by atoms with E-state index in [4.69, 9.17) is 11.6 Å². The molecule has 0 radical (unpaired) electrons. The zero-order chi connectivity index (χ0) is 14.1. The van der Waals surface area contributed by atoms with Crippen molar-refractivity contribution in [2.45, 2.75) is 43.8 Å². The number of carbonyl (C=O) groups is 1. The van der Waals surface area contributed by atoms with Gasteiger partial charge in [0.2, 0.25) is 0 Å². The second-order valence-corrected chi connectivity index (χ2v) is 6.25. The lowest BCUT2D eigenvalue weighted by atomic mass is 9.99. The van der Waals surface area contributed by atoms with E-state index in [9.17, 15) is 4.79 Å². The van der Waals surface area contributed by atoms with E-state index >= 15 is 0 Å². The molecule has 2 unspecified atom stereocenters. The van der Waals surface area contributed by atoms with Crippen LogP contribution in [0.2, 0.25) is 5.02 Å². The van der Waals surface area contributed by atoms with Crippen molar-refractivity contribution in [3.63, 3.8) is 0 Å². The summed E-state index contributed by atoms with van der Waals surface area (Å²) in [6, 6.07) is 8.67. The van der Waals surface area contributed by atoms with E-state index < -0.39 is 0 Å². The predicted octanol–water partition coefficient (Wildman–Crippen LogP) is 3.09. The number of carbonyl (C=O) groups excluding carboxylic acids is 1. The fraction of sp³-hybridized carbons (Fsp3) is 0.533. The van der Waals surface area contributed by atoms with E-state index in [1.54, 1.807) is 12.1 Å². The Labute approximate surface area is 124 Å². The zero-order valence-corrected chi connectivity index (χ0v) is 12.4. The molecule has 2 atom stereocenters. The smallest absolute Gasteiger partial charge is 0.321 e. The summed E-state index contributed by atoms with van der Waals surface area (Å²) >= 11 is 5.84. The topological polar surface area (TPSA) is 44.4 Å². The van der Waals surface area contributed by atoms with Crippen molar-refractivity contribution in [2.75, 3.05) is 12.4 Å². The second-order valence-electron chi connectivity index (χ2n) is 5.81. The molecular formula is C15H20ClN3O. The summed E-state index contributed by atoms with van der Waals surface area (Å²) in [6.07, 6.45) is 4.60.